The third-order valence-electron chi connectivity index (χ3n) is 5.05. The summed E-state index contributed by atoms with van der Waals surface area (Å²) < 4.78 is 0. The van der Waals surface area contributed by atoms with Crippen molar-refractivity contribution in [2.45, 2.75) is 63.5 Å². The summed E-state index contributed by atoms with van der Waals surface area (Å²) in [5, 5.41) is 3.62. The summed E-state index contributed by atoms with van der Waals surface area (Å²) >= 11 is 0. The number of fused-ring (bicyclic) bond motifs is 1. The summed E-state index contributed by atoms with van der Waals surface area (Å²) in [6.45, 7) is 8.00. The maximum atomic E-state index is 3.62. The van der Waals surface area contributed by atoms with Gasteiger partial charge in [0.1, 0.15) is 0 Å². The molecule has 3 rings (SSSR count). The first-order chi connectivity index (χ1) is 9.42. The fraction of sp³-hybridized carbons (Fsp3) is 1.00. The SMILES string of the molecule is C(CCNC1CC1)CCN1CCCN2CCCC2C1. The molecule has 110 valence electrons. The van der Waals surface area contributed by atoms with Crippen LogP contribution in [0.2, 0.25) is 0 Å². The summed E-state index contributed by atoms with van der Waals surface area (Å²) in [6.07, 6.45) is 11.3. The minimum Gasteiger partial charge on any atom is -0.314 e. The van der Waals surface area contributed by atoms with Crippen molar-refractivity contribution in [2.75, 3.05) is 39.3 Å². The van der Waals surface area contributed by atoms with Crippen LogP contribution in [0.15, 0.2) is 0 Å². The van der Waals surface area contributed by atoms with Crippen molar-refractivity contribution < 1.29 is 0 Å². The number of nitrogens with zero attached hydrogens (tertiary/aromatic N) is 2. The molecule has 1 aliphatic carbocycles. The second kappa shape index (κ2) is 7.05. The lowest BCUT2D eigenvalue weighted by Gasteiger charge is -2.25. The molecule has 1 N–H and O–H groups in total. The lowest BCUT2D eigenvalue weighted by Crippen LogP contribution is -2.37. The summed E-state index contributed by atoms with van der Waals surface area (Å²) in [5.74, 6) is 0. The van der Waals surface area contributed by atoms with Crippen LogP contribution < -0.4 is 5.32 Å². The van der Waals surface area contributed by atoms with Gasteiger partial charge in [0.05, 0.1) is 0 Å². The fourth-order valence-corrected chi connectivity index (χ4v) is 3.72. The van der Waals surface area contributed by atoms with E-state index in [0.717, 1.165) is 12.1 Å². The van der Waals surface area contributed by atoms with Gasteiger partial charge in [-0.1, -0.05) is 6.42 Å². The standard InChI is InChI=1S/C16H31N3/c1(2-9-17-15-7-8-15)3-10-18-11-5-13-19-12-4-6-16(19)14-18/h15-17H,1-14H2. The second-order valence-corrected chi connectivity index (χ2v) is 6.78. The Labute approximate surface area is 118 Å². The van der Waals surface area contributed by atoms with E-state index in [0.29, 0.717) is 0 Å². The van der Waals surface area contributed by atoms with E-state index in [1.165, 1.54) is 90.6 Å². The Morgan fingerprint density at radius 3 is 2.68 bits per heavy atom. The van der Waals surface area contributed by atoms with Crippen molar-refractivity contribution in [1.29, 1.82) is 0 Å². The lowest BCUT2D eigenvalue weighted by atomic mass is 10.2. The summed E-state index contributed by atoms with van der Waals surface area (Å²) in [7, 11) is 0. The number of unbranched alkanes of at least 4 members (excludes halogenated alkanes) is 2. The zero-order valence-electron chi connectivity index (χ0n) is 12.4. The van der Waals surface area contributed by atoms with Crippen LogP contribution in [0.25, 0.3) is 0 Å². The molecule has 0 bridgehead atoms. The molecular formula is C16H31N3. The normalized spacial score (nSPS) is 29.4. The van der Waals surface area contributed by atoms with Gasteiger partial charge in [-0.25, -0.2) is 0 Å². The highest BCUT2D eigenvalue weighted by Gasteiger charge is 2.28. The Hall–Kier alpha value is -0.120. The molecule has 0 amide bonds. The van der Waals surface area contributed by atoms with E-state index in [1.807, 2.05) is 0 Å². The molecule has 0 aromatic rings. The van der Waals surface area contributed by atoms with Crippen molar-refractivity contribution in [3.05, 3.63) is 0 Å². The van der Waals surface area contributed by atoms with Gasteiger partial charge >= 0.3 is 0 Å². The summed E-state index contributed by atoms with van der Waals surface area (Å²) in [5.41, 5.74) is 0. The van der Waals surface area contributed by atoms with Gasteiger partial charge in [0.15, 0.2) is 0 Å². The van der Waals surface area contributed by atoms with Crippen molar-refractivity contribution in [1.82, 2.24) is 15.1 Å². The van der Waals surface area contributed by atoms with Gasteiger partial charge in [-0.3, -0.25) is 4.90 Å². The Morgan fingerprint density at radius 1 is 0.895 bits per heavy atom. The third kappa shape index (κ3) is 4.44. The second-order valence-electron chi connectivity index (χ2n) is 6.78. The third-order valence-corrected chi connectivity index (χ3v) is 5.05. The zero-order valence-corrected chi connectivity index (χ0v) is 12.4. The Morgan fingerprint density at radius 2 is 1.79 bits per heavy atom. The van der Waals surface area contributed by atoms with Gasteiger partial charge in [-0.05, 0) is 77.7 Å². The van der Waals surface area contributed by atoms with E-state index in [1.54, 1.807) is 0 Å². The first-order valence-electron chi connectivity index (χ1n) is 8.61. The van der Waals surface area contributed by atoms with Gasteiger partial charge < -0.3 is 10.2 Å². The molecule has 19 heavy (non-hydrogen) atoms. The summed E-state index contributed by atoms with van der Waals surface area (Å²) in [6, 6.07) is 1.78. The molecule has 3 fully saturated rings. The monoisotopic (exact) mass is 265 g/mol. The molecule has 1 saturated carbocycles. The van der Waals surface area contributed by atoms with Crippen molar-refractivity contribution in [3.8, 4) is 0 Å². The maximum Gasteiger partial charge on any atom is 0.0223 e. The summed E-state index contributed by atoms with van der Waals surface area (Å²) in [4.78, 5) is 5.48. The Bertz CT molecular complexity index is 265. The van der Waals surface area contributed by atoms with Crippen LogP contribution in [0, 0.1) is 0 Å². The van der Waals surface area contributed by atoms with E-state index in [9.17, 15) is 0 Å². The minimum atomic E-state index is 0.888. The first-order valence-corrected chi connectivity index (χ1v) is 8.61. The lowest BCUT2D eigenvalue weighted by molar-refractivity contribution is 0.217. The Balaban J connectivity index is 1.26. The molecule has 2 heterocycles. The number of nitrogens with one attached hydrogen (secondary N) is 1. The maximum absolute atomic E-state index is 3.62. The number of hydrogen-bond donors (Lipinski definition) is 1. The van der Waals surface area contributed by atoms with Gasteiger partial charge in [-0.15, -0.1) is 0 Å². The molecule has 0 aromatic heterocycles. The van der Waals surface area contributed by atoms with Gasteiger partial charge in [0.25, 0.3) is 0 Å². The van der Waals surface area contributed by atoms with E-state index < -0.39 is 0 Å². The van der Waals surface area contributed by atoms with Gasteiger partial charge in [-0.2, -0.15) is 0 Å². The van der Waals surface area contributed by atoms with Crippen molar-refractivity contribution in [2.24, 2.45) is 0 Å². The molecule has 0 radical (unpaired) electrons. The molecule has 1 unspecified atom stereocenters. The highest BCUT2D eigenvalue weighted by Crippen LogP contribution is 2.21. The average molecular weight is 265 g/mol. The van der Waals surface area contributed by atoms with Crippen LogP contribution in [0.1, 0.15) is 51.4 Å². The van der Waals surface area contributed by atoms with Crippen LogP contribution in [-0.4, -0.2) is 61.2 Å². The molecule has 3 nitrogen and oxygen atoms in total. The van der Waals surface area contributed by atoms with E-state index in [-0.39, 0.29) is 0 Å². The first kappa shape index (κ1) is 13.8. The van der Waals surface area contributed by atoms with E-state index >= 15 is 0 Å². The highest BCUT2D eigenvalue weighted by atomic mass is 15.3. The Kier molecular flexibility index (Phi) is 5.14. The zero-order chi connectivity index (χ0) is 12.9. The molecule has 3 aliphatic rings. The predicted octanol–water partition coefficient (Wildman–Crippen LogP) is 2.08. The molecule has 3 heteroatoms. The van der Waals surface area contributed by atoms with Crippen LogP contribution in [0.5, 0.6) is 0 Å². The van der Waals surface area contributed by atoms with Crippen molar-refractivity contribution >= 4 is 0 Å². The largest absolute Gasteiger partial charge is 0.314 e. The smallest absolute Gasteiger partial charge is 0.0223 e. The predicted molar refractivity (Wildman–Crippen MR) is 80.5 cm³/mol. The number of hydrogen-bond acceptors (Lipinski definition) is 3. The highest BCUT2D eigenvalue weighted by molar-refractivity contribution is 4.85. The topological polar surface area (TPSA) is 18.5 Å². The molecular weight excluding hydrogens is 234 g/mol. The van der Waals surface area contributed by atoms with Crippen LogP contribution in [0.3, 0.4) is 0 Å². The van der Waals surface area contributed by atoms with Gasteiger partial charge in [0, 0.05) is 18.6 Å². The van der Waals surface area contributed by atoms with Crippen LogP contribution in [-0.2, 0) is 0 Å². The van der Waals surface area contributed by atoms with Gasteiger partial charge in [0.2, 0.25) is 0 Å². The fourth-order valence-electron chi connectivity index (χ4n) is 3.72. The molecule has 0 spiro atoms. The van der Waals surface area contributed by atoms with Crippen molar-refractivity contribution in [3.63, 3.8) is 0 Å². The number of rotatable bonds is 7. The molecule has 0 aromatic carbocycles. The quantitative estimate of drug-likeness (QED) is 0.711. The molecule has 1 atom stereocenters. The molecule has 2 saturated heterocycles. The van der Waals surface area contributed by atoms with E-state index in [4.69, 9.17) is 0 Å². The van der Waals surface area contributed by atoms with Crippen LogP contribution >= 0.6 is 0 Å². The van der Waals surface area contributed by atoms with E-state index in [2.05, 4.69) is 15.1 Å². The average Bonchev–Trinajstić information content (AvgIpc) is 3.18. The molecule has 2 aliphatic heterocycles. The van der Waals surface area contributed by atoms with Crippen LogP contribution in [0.4, 0.5) is 0 Å². The minimum absolute atomic E-state index is 0.888.